The molecule has 106 valence electrons. The Kier molecular flexibility index (Phi) is 4.34. The summed E-state index contributed by atoms with van der Waals surface area (Å²) in [6, 6.07) is 0. The fourth-order valence-electron chi connectivity index (χ4n) is 1.88. The van der Waals surface area contributed by atoms with Crippen molar-refractivity contribution in [2.45, 2.75) is 13.3 Å². The van der Waals surface area contributed by atoms with E-state index in [9.17, 15) is 4.79 Å². The van der Waals surface area contributed by atoms with E-state index in [-0.39, 0.29) is 6.61 Å². The van der Waals surface area contributed by atoms with Crippen LogP contribution in [0.15, 0.2) is 24.5 Å². The van der Waals surface area contributed by atoms with Crippen molar-refractivity contribution < 1.29 is 14.3 Å². The molecule has 0 saturated carbocycles. The van der Waals surface area contributed by atoms with E-state index in [1.807, 2.05) is 13.0 Å². The van der Waals surface area contributed by atoms with E-state index in [4.69, 9.17) is 9.47 Å². The number of rotatable bonds is 5. The van der Waals surface area contributed by atoms with Gasteiger partial charge >= 0.3 is 5.97 Å². The van der Waals surface area contributed by atoms with Gasteiger partial charge in [-0.3, -0.25) is 4.68 Å². The van der Waals surface area contributed by atoms with Crippen molar-refractivity contribution in [3.05, 3.63) is 30.1 Å². The first-order valence-electron chi connectivity index (χ1n) is 6.35. The quantitative estimate of drug-likeness (QED) is 0.617. The van der Waals surface area contributed by atoms with Crippen LogP contribution in [0, 0.1) is 0 Å². The molecule has 0 spiro atoms. The topological polar surface area (TPSA) is 66.2 Å². The van der Waals surface area contributed by atoms with Crippen LogP contribution < -0.4 is 4.74 Å². The van der Waals surface area contributed by atoms with Gasteiger partial charge in [0.1, 0.15) is 17.9 Å². The van der Waals surface area contributed by atoms with Crippen molar-refractivity contribution in [2.24, 2.45) is 7.05 Å². The molecule has 0 aliphatic rings. The summed E-state index contributed by atoms with van der Waals surface area (Å²) in [7, 11) is 3.29. The molecule has 0 radical (unpaired) electrons. The molecule has 2 rings (SSSR count). The fourth-order valence-corrected chi connectivity index (χ4v) is 1.88. The number of aryl methyl sites for hydroxylation is 1. The van der Waals surface area contributed by atoms with Crippen LogP contribution in [0.5, 0.6) is 5.75 Å². The summed E-state index contributed by atoms with van der Waals surface area (Å²) in [5, 5.41) is 4.79. The number of ether oxygens (including phenoxy) is 2. The van der Waals surface area contributed by atoms with Gasteiger partial charge in [0.25, 0.3) is 0 Å². The van der Waals surface area contributed by atoms with Crippen LogP contribution in [-0.2, 0) is 11.8 Å². The molecule has 0 unspecified atom stereocenters. The van der Waals surface area contributed by atoms with E-state index in [1.54, 1.807) is 24.0 Å². The molecule has 20 heavy (non-hydrogen) atoms. The zero-order chi connectivity index (χ0) is 14.5. The maximum Gasteiger partial charge on any atom is 0.343 e. The summed E-state index contributed by atoms with van der Waals surface area (Å²) in [5.74, 6) is -0.0200. The number of carbonyl (C=O) groups excluding carboxylic acids is 1. The molecule has 0 N–H and O–H groups in total. The molecule has 0 amide bonds. The molecule has 6 nitrogen and oxygen atoms in total. The predicted octanol–water partition coefficient (Wildman–Crippen LogP) is 2.10. The second-order valence-corrected chi connectivity index (χ2v) is 4.19. The van der Waals surface area contributed by atoms with Crippen molar-refractivity contribution in [1.29, 1.82) is 0 Å². The van der Waals surface area contributed by atoms with Crippen molar-refractivity contribution in [2.75, 3.05) is 13.7 Å². The number of hydrogen-bond acceptors (Lipinski definition) is 5. The van der Waals surface area contributed by atoms with Crippen molar-refractivity contribution in [1.82, 2.24) is 14.8 Å². The number of allylic oxidation sites excluding steroid dienone is 1. The van der Waals surface area contributed by atoms with Crippen molar-refractivity contribution in [3.63, 3.8) is 0 Å². The SMILES string of the molecule is CCC=CCOC(=O)c1cnc2c(cnn2C)c1OC. The molecule has 0 aromatic carbocycles. The summed E-state index contributed by atoms with van der Waals surface area (Å²) >= 11 is 0. The maximum absolute atomic E-state index is 12.0. The van der Waals surface area contributed by atoms with Gasteiger partial charge in [-0.1, -0.05) is 19.1 Å². The Morgan fingerprint density at radius 1 is 1.40 bits per heavy atom. The highest BCUT2D eigenvalue weighted by molar-refractivity contribution is 5.98. The van der Waals surface area contributed by atoms with Gasteiger partial charge in [0.15, 0.2) is 5.65 Å². The number of esters is 1. The maximum atomic E-state index is 12.0. The fraction of sp³-hybridized carbons (Fsp3) is 0.357. The van der Waals surface area contributed by atoms with Gasteiger partial charge in [-0.25, -0.2) is 9.78 Å². The number of hydrogen-bond donors (Lipinski definition) is 0. The van der Waals surface area contributed by atoms with Crippen molar-refractivity contribution >= 4 is 17.0 Å². The highest BCUT2D eigenvalue weighted by Crippen LogP contribution is 2.28. The van der Waals surface area contributed by atoms with Gasteiger partial charge < -0.3 is 9.47 Å². The number of pyridine rings is 1. The average molecular weight is 275 g/mol. The lowest BCUT2D eigenvalue weighted by atomic mass is 10.2. The van der Waals surface area contributed by atoms with Crippen LogP contribution >= 0.6 is 0 Å². The number of carbonyl (C=O) groups is 1. The van der Waals surface area contributed by atoms with E-state index in [0.29, 0.717) is 22.3 Å². The number of methoxy groups -OCH3 is 1. The third-order valence-electron chi connectivity index (χ3n) is 2.85. The highest BCUT2D eigenvalue weighted by atomic mass is 16.5. The van der Waals surface area contributed by atoms with Gasteiger partial charge in [0, 0.05) is 13.2 Å². The van der Waals surface area contributed by atoms with Crippen LogP contribution in [0.2, 0.25) is 0 Å². The molecule has 0 aliphatic heterocycles. The van der Waals surface area contributed by atoms with Crippen LogP contribution in [0.25, 0.3) is 11.0 Å². The molecule has 6 heteroatoms. The van der Waals surface area contributed by atoms with Gasteiger partial charge in [-0.05, 0) is 6.42 Å². The summed E-state index contributed by atoms with van der Waals surface area (Å²) in [5.41, 5.74) is 0.960. The molecule has 2 aromatic rings. The normalized spacial score (nSPS) is 11.2. The first-order valence-corrected chi connectivity index (χ1v) is 6.35. The zero-order valence-electron chi connectivity index (χ0n) is 11.8. The Bertz CT molecular complexity index is 646. The molecule has 0 atom stereocenters. The van der Waals surface area contributed by atoms with E-state index in [1.165, 1.54) is 13.3 Å². The molecule has 2 heterocycles. The summed E-state index contributed by atoms with van der Waals surface area (Å²) < 4.78 is 12.1. The molecular weight excluding hydrogens is 258 g/mol. The van der Waals surface area contributed by atoms with Gasteiger partial charge in [-0.15, -0.1) is 0 Å². The Hall–Kier alpha value is -2.37. The van der Waals surface area contributed by atoms with E-state index >= 15 is 0 Å². The van der Waals surface area contributed by atoms with Crippen LogP contribution in [0.3, 0.4) is 0 Å². The number of fused-ring (bicyclic) bond motifs is 1. The first-order chi connectivity index (χ1) is 9.69. The van der Waals surface area contributed by atoms with Gasteiger partial charge in [0.05, 0.1) is 18.7 Å². The minimum atomic E-state index is -0.458. The lowest BCUT2D eigenvalue weighted by Gasteiger charge is -2.08. The molecule has 0 saturated heterocycles. The van der Waals surface area contributed by atoms with Crippen LogP contribution in [0.4, 0.5) is 0 Å². The van der Waals surface area contributed by atoms with Gasteiger partial charge in [0.2, 0.25) is 0 Å². The van der Waals surface area contributed by atoms with Crippen LogP contribution in [0.1, 0.15) is 23.7 Å². The number of nitrogens with zero attached hydrogens (tertiary/aromatic N) is 3. The Balaban J connectivity index is 2.29. The van der Waals surface area contributed by atoms with Crippen LogP contribution in [-0.4, -0.2) is 34.5 Å². The van der Waals surface area contributed by atoms with E-state index in [0.717, 1.165) is 6.42 Å². The predicted molar refractivity (Wildman–Crippen MR) is 74.8 cm³/mol. The Morgan fingerprint density at radius 3 is 2.90 bits per heavy atom. The molecule has 2 aromatic heterocycles. The third-order valence-corrected chi connectivity index (χ3v) is 2.85. The zero-order valence-corrected chi connectivity index (χ0v) is 11.8. The molecule has 0 bridgehead atoms. The van der Waals surface area contributed by atoms with Gasteiger partial charge in [-0.2, -0.15) is 5.10 Å². The summed E-state index contributed by atoms with van der Waals surface area (Å²) in [6.45, 7) is 2.25. The second-order valence-electron chi connectivity index (χ2n) is 4.19. The standard InChI is InChI=1S/C14H17N3O3/c1-4-5-6-7-20-14(18)11-8-15-13-10(12(11)19-3)9-16-17(13)2/h5-6,8-9H,4,7H2,1-3H3. The minimum absolute atomic E-state index is 0.237. The van der Waals surface area contributed by atoms with Crippen molar-refractivity contribution in [3.8, 4) is 5.75 Å². The number of aromatic nitrogens is 3. The Morgan fingerprint density at radius 2 is 2.20 bits per heavy atom. The third kappa shape index (κ3) is 2.64. The van der Waals surface area contributed by atoms with E-state index < -0.39 is 5.97 Å². The Labute approximate surface area is 117 Å². The molecule has 0 aliphatic carbocycles. The summed E-state index contributed by atoms with van der Waals surface area (Å²) in [6.07, 6.45) is 7.72. The minimum Gasteiger partial charge on any atom is -0.495 e. The summed E-state index contributed by atoms with van der Waals surface area (Å²) in [4.78, 5) is 16.3. The highest BCUT2D eigenvalue weighted by Gasteiger charge is 2.19. The lowest BCUT2D eigenvalue weighted by molar-refractivity contribution is 0.0545. The largest absolute Gasteiger partial charge is 0.495 e. The first kappa shape index (κ1) is 14.0. The molecular formula is C14H17N3O3. The van der Waals surface area contributed by atoms with E-state index in [2.05, 4.69) is 10.1 Å². The lowest BCUT2D eigenvalue weighted by Crippen LogP contribution is -2.08. The smallest absolute Gasteiger partial charge is 0.343 e. The molecule has 0 fully saturated rings. The monoisotopic (exact) mass is 275 g/mol. The second kappa shape index (κ2) is 6.18. The average Bonchev–Trinajstić information content (AvgIpc) is 2.84.